The van der Waals surface area contributed by atoms with E-state index in [0.717, 1.165) is 25.1 Å². The van der Waals surface area contributed by atoms with Crippen LogP contribution < -0.4 is 9.80 Å². The third-order valence-electron chi connectivity index (χ3n) is 5.52. The molecular formula is C20H33BrN4O11S3. The number of amides is 1. The Bertz CT molecular complexity index is 1340. The predicted molar refractivity (Wildman–Crippen MR) is 146 cm³/mol. The lowest BCUT2D eigenvalue weighted by Gasteiger charge is -2.32. The number of quaternary nitrogens is 1. The van der Waals surface area contributed by atoms with Crippen molar-refractivity contribution in [3.8, 4) is 0 Å². The summed E-state index contributed by atoms with van der Waals surface area (Å²) in [5, 5.41) is 12.2. The lowest BCUT2D eigenvalue weighted by molar-refractivity contribution is -0.902. The van der Waals surface area contributed by atoms with Crippen LogP contribution in [0.4, 0.5) is 11.4 Å². The van der Waals surface area contributed by atoms with Crippen molar-refractivity contribution in [2.45, 2.75) is 11.8 Å². The number of nitro benzene ring substituents is 1. The van der Waals surface area contributed by atoms with Gasteiger partial charge in [0.15, 0.2) is 9.84 Å². The predicted octanol–water partition coefficient (Wildman–Crippen LogP) is -1.30. The molecule has 0 atom stereocenters. The highest BCUT2D eigenvalue weighted by Crippen LogP contribution is 2.34. The highest BCUT2D eigenvalue weighted by molar-refractivity contribution is 9.09. The van der Waals surface area contributed by atoms with E-state index >= 15 is 0 Å². The number of carbonyl (C=O) groups excluding carboxylic acids is 1. The number of carbonyl (C=O) groups is 1. The van der Waals surface area contributed by atoms with Gasteiger partial charge < -0.3 is 19.3 Å². The Balaban J connectivity index is 0.00000139. The first-order valence-electron chi connectivity index (χ1n) is 11.5. The van der Waals surface area contributed by atoms with Gasteiger partial charge in [0.25, 0.3) is 21.7 Å². The van der Waals surface area contributed by atoms with Crippen LogP contribution in [0.25, 0.3) is 0 Å². The molecule has 224 valence electrons. The van der Waals surface area contributed by atoms with Gasteiger partial charge in [-0.1, -0.05) is 15.9 Å². The third-order valence-corrected chi connectivity index (χ3v) is 7.59. The molecule has 0 aromatic heterocycles. The van der Waals surface area contributed by atoms with E-state index in [1.807, 2.05) is 6.92 Å². The number of nitro groups is 1. The van der Waals surface area contributed by atoms with Gasteiger partial charge >= 0.3 is 0 Å². The minimum atomic E-state index is -3.93. The van der Waals surface area contributed by atoms with Crippen molar-refractivity contribution < 1.29 is 48.6 Å². The van der Waals surface area contributed by atoms with E-state index in [1.165, 1.54) is 20.8 Å². The number of nitrogens with zero attached hydrogens (tertiary/aromatic N) is 3. The maximum Gasteiger partial charge on any atom is 0.283 e. The lowest BCUT2D eigenvalue weighted by Crippen LogP contribution is -3.14. The first kappa shape index (κ1) is 35.1. The average molecular weight is 682 g/mol. The van der Waals surface area contributed by atoms with E-state index in [9.17, 15) is 31.7 Å². The van der Waals surface area contributed by atoms with Crippen molar-refractivity contribution >= 4 is 63.3 Å². The molecule has 1 aromatic carbocycles. The molecule has 1 aromatic rings. The molecule has 1 amide bonds. The monoisotopic (exact) mass is 680 g/mol. The summed E-state index contributed by atoms with van der Waals surface area (Å²) in [5.41, 5.74) is -0.729. The van der Waals surface area contributed by atoms with Crippen LogP contribution >= 0.6 is 15.9 Å². The standard InChI is InChI=1S/C19H29BrN4O8S2.CH4O3S/c1-4-21-7-9-23(10-8-21)19(25)15-13-17(18(33(2,28)29)14-16(15)24(26)27)22(6-5-20)11-12-32-34(3,30)31;1-5(2,3)4/h13-14H,4-12H2,1-3H3;1H3,(H,2,3,4). The molecule has 2 rings (SSSR count). The molecule has 0 bridgehead atoms. The second-order valence-corrected chi connectivity index (χ2v) is 14.5. The Kier molecular flexibility index (Phi) is 13.2. The summed E-state index contributed by atoms with van der Waals surface area (Å²) in [7, 11) is -11.6. The van der Waals surface area contributed by atoms with Crippen molar-refractivity contribution in [2.75, 3.05) is 81.4 Å². The minimum Gasteiger partial charge on any atom is -0.748 e. The van der Waals surface area contributed by atoms with Gasteiger partial charge in [0.2, 0.25) is 0 Å². The first-order valence-corrected chi connectivity index (χ1v) is 18.1. The van der Waals surface area contributed by atoms with E-state index in [-0.39, 0.29) is 35.8 Å². The van der Waals surface area contributed by atoms with E-state index in [0.29, 0.717) is 37.8 Å². The molecular weight excluding hydrogens is 648 g/mol. The number of benzene rings is 1. The van der Waals surface area contributed by atoms with Crippen LogP contribution in [0.15, 0.2) is 17.0 Å². The van der Waals surface area contributed by atoms with Crippen molar-refractivity contribution in [1.29, 1.82) is 0 Å². The number of nitrogens with one attached hydrogen (secondary N) is 1. The summed E-state index contributed by atoms with van der Waals surface area (Å²) in [5.74, 6) is -0.547. The van der Waals surface area contributed by atoms with Crippen LogP contribution in [-0.4, -0.2) is 122 Å². The molecule has 1 aliphatic heterocycles. The number of piperazine rings is 1. The SMILES string of the molecule is CC[NH+]1CCN(C(=O)c2cc(N(CCBr)CCOS(C)(=O)=O)c(S(C)(=O)=O)cc2[N+](=O)[O-])CC1.CS(=O)(=O)[O-]. The summed E-state index contributed by atoms with van der Waals surface area (Å²) < 4.78 is 79.8. The molecule has 0 aliphatic carbocycles. The number of hydrogen-bond donors (Lipinski definition) is 1. The van der Waals surface area contributed by atoms with Gasteiger partial charge in [0.05, 0.1) is 71.2 Å². The van der Waals surface area contributed by atoms with Crippen LogP contribution in [0, 0.1) is 10.1 Å². The van der Waals surface area contributed by atoms with Gasteiger partial charge in [-0.15, -0.1) is 0 Å². The van der Waals surface area contributed by atoms with Crippen molar-refractivity contribution in [2.24, 2.45) is 0 Å². The topological polar surface area (TPSA) is 206 Å². The maximum atomic E-state index is 13.3. The number of rotatable bonds is 11. The molecule has 1 N–H and O–H groups in total. The number of hydrogen-bond acceptors (Lipinski definition) is 12. The van der Waals surface area contributed by atoms with E-state index < -0.39 is 46.6 Å². The Morgan fingerprint density at radius 1 is 1.10 bits per heavy atom. The molecule has 19 heteroatoms. The van der Waals surface area contributed by atoms with Gasteiger partial charge in [-0.05, 0) is 13.0 Å². The molecule has 1 saturated heterocycles. The molecule has 39 heavy (non-hydrogen) atoms. The maximum absolute atomic E-state index is 13.3. The fourth-order valence-corrected chi connectivity index (χ4v) is 5.43. The average Bonchev–Trinajstić information content (AvgIpc) is 2.80. The molecule has 1 fully saturated rings. The first-order chi connectivity index (χ1) is 17.8. The van der Waals surface area contributed by atoms with E-state index in [2.05, 4.69) is 15.9 Å². The van der Waals surface area contributed by atoms with Gasteiger partial charge in [0.1, 0.15) is 5.56 Å². The summed E-state index contributed by atoms with van der Waals surface area (Å²) >= 11 is 3.28. The largest absolute Gasteiger partial charge is 0.748 e. The fourth-order valence-electron chi connectivity index (χ4n) is 3.73. The zero-order valence-electron chi connectivity index (χ0n) is 22.0. The normalized spacial score (nSPS) is 14.9. The Morgan fingerprint density at radius 2 is 1.64 bits per heavy atom. The van der Waals surface area contributed by atoms with Crippen molar-refractivity contribution in [3.63, 3.8) is 0 Å². The molecule has 15 nitrogen and oxygen atoms in total. The molecule has 1 aliphatic rings. The summed E-state index contributed by atoms with van der Waals surface area (Å²) in [6, 6.07) is 2.13. The molecule has 0 unspecified atom stereocenters. The van der Waals surface area contributed by atoms with Gasteiger partial charge in [-0.3, -0.25) is 19.1 Å². The molecule has 1 heterocycles. The smallest absolute Gasteiger partial charge is 0.283 e. The van der Waals surface area contributed by atoms with E-state index in [1.54, 1.807) is 0 Å². The van der Waals surface area contributed by atoms with Crippen molar-refractivity contribution in [1.82, 2.24) is 4.90 Å². The molecule has 0 spiro atoms. The quantitative estimate of drug-likeness (QED) is 0.0951. The van der Waals surface area contributed by atoms with Gasteiger partial charge in [-0.25, -0.2) is 16.8 Å². The zero-order chi connectivity index (χ0) is 30.2. The molecule has 0 radical (unpaired) electrons. The number of likely N-dealkylation sites (N-methyl/N-ethyl adjacent to an activating group) is 1. The van der Waals surface area contributed by atoms with E-state index in [4.69, 9.17) is 17.2 Å². The highest BCUT2D eigenvalue weighted by atomic mass is 79.9. The Hall–Kier alpha value is -1.90. The minimum absolute atomic E-state index is 0.0227. The van der Waals surface area contributed by atoms with Crippen LogP contribution in [0.2, 0.25) is 0 Å². The number of sulfone groups is 1. The number of alkyl halides is 1. The molecule has 0 saturated carbocycles. The summed E-state index contributed by atoms with van der Waals surface area (Å²) in [4.78, 5) is 28.4. The van der Waals surface area contributed by atoms with Crippen LogP contribution in [0.1, 0.15) is 17.3 Å². The lowest BCUT2D eigenvalue weighted by atomic mass is 10.1. The second kappa shape index (κ2) is 14.6. The van der Waals surface area contributed by atoms with Gasteiger partial charge in [-0.2, -0.15) is 8.42 Å². The third kappa shape index (κ3) is 12.4. The number of halogens is 1. The van der Waals surface area contributed by atoms with Crippen LogP contribution in [0.3, 0.4) is 0 Å². The zero-order valence-corrected chi connectivity index (χ0v) is 26.0. The Labute approximate surface area is 237 Å². The van der Waals surface area contributed by atoms with Crippen molar-refractivity contribution in [3.05, 3.63) is 27.8 Å². The van der Waals surface area contributed by atoms with Crippen LogP contribution in [-0.2, 0) is 34.3 Å². The summed E-state index contributed by atoms with van der Waals surface area (Å²) in [6.45, 7) is 5.17. The van der Waals surface area contributed by atoms with Crippen LogP contribution in [0.5, 0.6) is 0 Å². The second-order valence-electron chi connectivity index (χ2n) is 8.67. The number of anilines is 1. The highest BCUT2D eigenvalue weighted by Gasteiger charge is 2.32. The van der Waals surface area contributed by atoms with Gasteiger partial charge in [0, 0.05) is 37.0 Å². The summed E-state index contributed by atoms with van der Waals surface area (Å²) in [6.07, 6.45) is 2.42. The fraction of sp³-hybridized carbons (Fsp3) is 0.650. The Morgan fingerprint density at radius 3 is 2.05 bits per heavy atom.